The van der Waals surface area contributed by atoms with Crippen molar-refractivity contribution < 1.29 is 44.5 Å². The monoisotopic (exact) mass is 432 g/mol. The van der Waals surface area contributed by atoms with E-state index in [1.807, 2.05) is 0 Å². The van der Waals surface area contributed by atoms with Crippen molar-refractivity contribution in [3.63, 3.8) is 0 Å². The van der Waals surface area contributed by atoms with Crippen LogP contribution in [-0.4, -0.2) is 68.0 Å². The van der Waals surface area contributed by atoms with Crippen molar-refractivity contribution in [2.45, 2.75) is 30.7 Å². The predicted octanol–water partition coefficient (Wildman–Crippen LogP) is 0.0499. The second-order valence-electron chi connectivity index (χ2n) is 7.12. The van der Waals surface area contributed by atoms with E-state index in [9.17, 15) is 35.4 Å². The molecule has 0 spiro atoms. The molecule has 10 nitrogen and oxygen atoms in total. The van der Waals surface area contributed by atoms with E-state index >= 15 is 0 Å². The van der Waals surface area contributed by atoms with E-state index in [-0.39, 0.29) is 33.8 Å². The molecule has 0 aliphatic carbocycles. The lowest BCUT2D eigenvalue weighted by Gasteiger charge is -2.39. The summed E-state index contributed by atoms with van der Waals surface area (Å²) < 4.78 is 16.5. The highest BCUT2D eigenvalue weighted by Crippen LogP contribution is 2.35. The standard InChI is InChI=1S/C21H20O10/c22-8-16-18(26)19(27)20(28)21(31-16)29-9-5-12(24)17-13(25)7-14(30-15(17)6-9)10-3-1-2-4-11(10)23/h1-7,16,18-24,26-28H,8H2/t16?,18-,19+,20?,21-/m1/s1. The zero-order valence-corrected chi connectivity index (χ0v) is 16.0. The van der Waals surface area contributed by atoms with E-state index in [1.54, 1.807) is 18.2 Å². The number of aliphatic hydroxyl groups is 4. The molecule has 6 N–H and O–H groups in total. The van der Waals surface area contributed by atoms with Crippen molar-refractivity contribution in [3.05, 3.63) is 52.7 Å². The van der Waals surface area contributed by atoms with Gasteiger partial charge in [-0.3, -0.25) is 4.79 Å². The van der Waals surface area contributed by atoms with Crippen LogP contribution in [0.1, 0.15) is 0 Å². The topological polar surface area (TPSA) is 170 Å². The average molecular weight is 432 g/mol. The summed E-state index contributed by atoms with van der Waals surface area (Å²) in [6.07, 6.45) is -7.52. The molecule has 0 radical (unpaired) electrons. The summed E-state index contributed by atoms with van der Waals surface area (Å²) >= 11 is 0. The van der Waals surface area contributed by atoms with Crippen molar-refractivity contribution in [1.82, 2.24) is 0 Å². The van der Waals surface area contributed by atoms with Crippen LogP contribution in [-0.2, 0) is 4.74 Å². The summed E-state index contributed by atoms with van der Waals surface area (Å²) in [6, 6.07) is 9.73. The minimum absolute atomic E-state index is 0.0555. The zero-order chi connectivity index (χ0) is 22.3. The number of hydrogen-bond donors (Lipinski definition) is 6. The third kappa shape index (κ3) is 3.82. The van der Waals surface area contributed by atoms with Crippen LogP contribution in [0.5, 0.6) is 17.2 Å². The first-order valence-corrected chi connectivity index (χ1v) is 9.36. The number of para-hydroxylation sites is 1. The average Bonchev–Trinajstić information content (AvgIpc) is 2.74. The van der Waals surface area contributed by atoms with Crippen molar-refractivity contribution in [1.29, 1.82) is 0 Å². The van der Waals surface area contributed by atoms with E-state index in [0.29, 0.717) is 0 Å². The first-order valence-electron chi connectivity index (χ1n) is 9.36. The van der Waals surface area contributed by atoms with Gasteiger partial charge in [0.2, 0.25) is 6.29 Å². The third-order valence-electron chi connectivity index (χ3n) is 5.05. The van der Waals surface area contributed by atoms with Crippen LogP contribution in [0.3, 0.4) is 0 Å². The highest BCUT2D eigenvalue weighted by molar-refractivity contribution is 5.86. The van der Waals surface area contributed by atoms with Gasteiger partial charge < -0.3 is 44.5 Å². The van der Waals surface area contributed by atoms with Crippen molar-refractivity contribution in [2.24, 2.45) is 0 Å². The van der Waals surface area contributed by atoms with Gasteiger partial charge in [0.1, 0.15) is 58.4 Å². The Labute approximate surface area is 174 Å². The number of rotatable bonds is 4. The van der Waals surface area contributed by atoms with Gasteiger partial charge in [0.05, 0.1) is 12.2 Å². The minimum atomic E-state index is -1.66. The van der Waals surface area contributed by atoms with Crippen molar-refractivity contribution in [2.75, 3.05) is 6.61 Å². The van der Waals surface area contributed by atoms with Crippen LogP contribution in [0.15, 0.2) is 51.7 Å². The Morgan fingerprint density at radius 2 is 1.68 bits per heavy atom. The van der Waals surface area contributed by atoms with Crippen LogP contribution in [0, 0.1) is 0 Å². The molecule has 4 rings (SSSR count). The first kappa shape index (κ1) is 21.1. The Morgan fingerprint density at radius 3 is 2.39 bits per heavy atom. The fourth-order valence-corrected chi connectivity index (χ4v) is 3.43. The number of aromatic hydroxyl groups is 2. The van der Waals surface area contributed by atoms with Gasteiger partial charge in [0.25, 0.3) is 0 Å². The Hall–Kier alpha value is -3.15. The fourth-order valence-electron chi connectivity index (χ4n) is 3.43. The SMILES string of the molecule is O=c1cc(-c2ccccc2O)oc2cc(O[C@@H]3OC(CO)[C@@H](O)[C@H](O)C3O)cc(O)c12. The number of fused-ring (bicyclic) bond motifs is 1. The molecule has 31 heavy (non-hydrogen) atoms. The van der Waals surface area contributed by atoms with E-state index < -0.39 is 48.5 Å². The van der Waals surface area contributed by atoms with E-state index in [1.165, 1.54) is 12.1 Å². The van der Waals surface area contributed by atoms with Crippen LogP contribution >= 0.6 is 0 Å². The number of aliphatic hydroxyl groups excluding tert-OH is 4. The minimum Gasteiger partial charge on any atom is -0.507 e. The molecule has 2 aromatic carbocycles. The summed E-state index contributed by atoms with van der Waals surface area (Å²) in [5.74, 6) is -0.593. The summed E-state index contributed by atoms with van der Waals surface area (Å²) in [4.78, 5) is 12.5. The summed E-state index contributed by atoms with van der Waals surface area (Å²) in [5, 5.41) is 59.4. The van der Waals surface area contributed by atoms with Gasteiger partial charge in [-0.2, -0.15) is 0 Å². The summed E-state index contributed by atoms with van der Waals surface area (Å²) in [7, 11) is 0. The Balaban J connectivity index is 1.73. The van der Waals surface area contributed by atoms with Crippen LogP contribution in [0.4, 0.5) is 0 Å². The molecule has 164 valence electrons. The molecular formula is C21H20O10. The molecule has 1 aliphatic heterocycles. The maximum atomic E-state index is 12.5. The molecule has 0 amide bonds. The number of benzene rings is 2. The smallest absolute Gasteiger partial charge is 0.229 e. The molecule has 10 heteroatoms. The molecule has 1 fully saturated rings. The zero-order valence-electron chi connectivity index (χ0n) is 16.0. The Morgan fingerprint density at radius 1 is 0.935 bits per heavy atom. The third-order valence-corrected chi connectivity index (χ3v) is 5.05. The number of phenolic OH excluding ortho intramolecular Hbond substituents is 2. The molecule has 5 atom stereocenters. The highest BCUT2D eigenvalue weighted by atomic mass is 16.7. The van der Waals surface area contributed by atoms with E-state index in [4.69, 9.17) is 13.9 Å². The van der Waals surface area contributed by atoms with Crippen LogP contribution < -0.4 is 10.2 Å². The summed E-state index contributed by atoms with van der Waals surface area (Å²) in [6.45, 7) is -0.632. The Bertz CT molecular complexity index is 1150. The normalized spacial score (nSPS) is 26.1. The Kier molecular flexibility index (Phi) is 5.56. The molecule has 1 aliphatic rings. The second-order valence-corrected chi connectivity index (χ2v) is 7.12. The van der Waals surface area contributed by atoms with E-state index in [0.717, 1.165) is 12.1 Å². The van der Waals surface area contributed by atoms with E-state index in [2.05, 4.69) is 0 Å². The largest absolute Gasteiger partial charge is 0.507 e. The molecule has 1 aromatic heterocycles. The first-order chi connectivity index (χ1) is 14.8. The predicted molar refractivity (Wildman–Crippen MR) is 106 cm³/mol. The lowest BCUT2D eigenvalue weighted by molar-refractivity contribution is -0.277. The molecule has 3 aromatic rings. The fraction of sp³-hybridized carbons (Fsp3) is 0.286. The van der Waals surface area contributed by atoms with Gasteiger partial charge >= 0.3 is 0 Å². The molecule has 1 saturated heterocycles. The number of ether oxygens (including phenoxy) is 2. The lowest BCUT2D eigenvalue weighted by atomic mass is 9.99. The molecular weight excluding hydrogens is 412 g/mol. The number of phenols is 2. The molecule has 0 bridgehead atoms. The maximum absolute atomic E-state index is 12.5. The van der Waals surface area contributed by atoms with Crippen LogP contribution in [0.2, 0.25) is 0 Å². The van der Waals surface area contributed by atoms with Gasteiger partial charge in [-0.25, -0.2) is 0 Å². The van der Waals surface area contributed by atoms with Crippen LogP contribution in [0.25, 0.3) is 22.3 Å². The molecule has 0 saturated carbocycles. The molecule has 2 unspecified atom stereocenters. The number of hydrogen-bond acceptors (Lipinski definition) is 10. The van der Waals surface area contributed by atoms with Gasteiger partial charge in [-0.1, -0.05) is 12.1 Å². The lowest BCUT2D eigenvalue weighted by Crippen LogP contribution is -2.60. The maximum Gasteiger partial charge on any atom is 0.229 e. The summed E-state index contributed by atoms with van der Waals surface area (Å²) in [5.41, 5.74) is -0.358. The van der Waals surface area contributed by atoms with Crippen molar-refractivity contribution in [3.8, 4) is 28.6 Å². The van der Waals surface area contributed by atoms with Gasteiger partial charge in [0, 0.05) is 18.2 Å². The quantitative estimate of drug-likeness (QED) is 0.331. The van der Waals surface area contributed by atoms with Gasteiger partial charge in [0.15, 0.2) is 5.43 Å². The second kappa shape index (κ2) is 8.17. The highest BCUT2D eigenvalue weighted by Gasteiger charge is 2.44. The van der Waals surface area contributed by atoms with Gasteiger partial charge in [-0.05, 0) is 12.1 Å². The van der Waals surface area contributed by atoms with Crippen molar-refractivity contribution >= 4 is 11.0 Å². The van der Waals surface area contributed by atoms with Gasteiger partial charge in [-0.15, -0.1) is 0 Å². The molecule has 2 heterocycles.